The highest BCUT2D eigenvalue weighted by molar-refractivity contribution is 7.11. The average Bonchev–Trinajstić information content (AvgIpc) is 3.54. The van der Waals surface area contributed by atoms with Crippen LogP contribution in [0.5, 0.6) is 0 Å². The van der Waals surface area contributed by atoms with Crippen molar-refractivity contribution < 1.29 is 0 Å². The molecule has 2 aromatic heterocycles. The molecule has 32 heavy (non-hydrogen) atoms. The fraction of sp³-hybridized carbons (Fsp3) is 0. The summed E-state index contributed by atoms with van der Waals surface area (Å²) in [5.41, 5.74) is 3.21. The van der Waals surface area contributed by atoms with Gasteiger partial charge in [-0.05, 0) is 58.3 Å². The number of hydrogen-bond donors (Lipinski definition) is 0. The molecule has 3 aromatic carbocycles. The van der Waals surface area contributed by atoms with Crippen LogP contribution >= 0.6 is 22.7 Å². The molecular formula is C28H16N2S2. The van der Waals surface area contributed by atoms with Crippen LogP contribution in [0.25, 0.3) is 45.8 Å². The van der Waals surface area contributed by atoms with Gasteiger partial charge in [-0.15, -0.1) is 22.7 Å². The van der Waals surface area contributed by atoms with E-state index >= 15 is 0 Å². The molecule has 4 heteroatoms. The summed E-state index contributed by atoms with van der Waals surface area (Å²) in [4.78, 5) is 2.34. The summed E-state index contributed by atoms with van der Waals surface area (Å²) in [6.07, 6.45) is 8.22. The maximum Gasteiger partial charge on any atom is 0.100 e. The smallest absolute Gasteiger partial charge is 0.100 e. The number of nitrogens with zero attached hydrogens (tertiary/aromatic N) is 2. The third kappa shape index (κ3) is 3.74. The van der Waals surface area contributed by atoms with Gasteiger partial charge < -0.3 is 0 Å². The van der Waals surface area contributed by atoms with Gasteiger partial charge in [0.1, 0.15) is 12.1 Å². The van der Waals surface area contributed by atoms with Gasteiger partial charge in [-0.2, -0.15) is 10.5 Å². The third-order valence-corrected chi connectivity index (χ3v) is 7.03. The minimum Gasteiger partial charge on any atom is -0.192 e. The van der Waals surface area contributed by atoms with Gasteiger partial charge in [-0.3, -0.25) is 0 Å². The van der Waals surface area contributed by atoms with Crippen LogP contribution in [0.4, 0.5) is 0 Å². The van der Waals surface area contributed by atoms with Crippen molar-refractivity contribution in [1.29, 1.82) is 10.5 Å². The normalized spacial score (nSPS) is 11.4. The molecule has 0 aliphatic heterocycles. The van der Waals surface area contributed by atoms with Crippen LogP contribution in [-0.2, 0) is 0 Å². The number of thiophene rings is 2. The zero-order valence-electron chi connectivity index (χ0n) is 16.9. The first-order chi connectivity index (χ1) is 15.8. The molecule has 2 nitrogen and oxygen atoms in total. The lowest BCUT2D eigenvalue weighted by molar-refractivity contribution is 1.50. The first-order valence-corrected chi connectivity index (χ1v) is 11.8. The maximum absolute atomic E-state index is 10.0. The Morgan fingerprint density at radius 2 is 1.03 bits per heavy atom. The zero-order chi connectivity index (χ0) is 21.9. The van der Waals surface area contributed by atoms with Crippen LogP contribution in [0.1, 0.15) is 32.0 Å². The maximum atomic E-state index is 10.0. The van der Waals surface area contributed by atoms with Gasteiger partial charge in [0.2, 0.25) is 0 Å². The van der Waals surface area contributed by atoms with Crippen LogP contribution < -0.4 is 0 Å². The van der Waals surface area contributed by atoms with Gasteiger partial charge in [-0.1, -0.05) is 48.6 Å². The number of nitriles is 2. The SMILES string of the molecule is N#Cc1c2ccc(/C=C/c3cccs3)cc2c(C#N)c2ccc(/C=C/c3cccs3)cc12. The number of hydrogen-bond acceptors (Lipinski definition) is 4. The average molecular weight is 445 g/mol. The second kappa shape index (κ2) is 8.65. The molecule has 5 rings (SSSR count). The Kier molecular flexibility index (Phi) is 5.40. The van der Waals surface area contributed by atoms with E-state index in [0.717, 1.165) is 32.7 Å². The van der Waals surface area contributed by atoms with E-state index in [-0.39, 0.29) is 0 Å². The molecule has 0 aliphatic rings. The minimum atomic E-state index is 0.606. The van der Waals surface area contributed by atoms with E-state index in [1.807, 2.05) is 71.4 Å². The lowest BCUT2D eigenvalue weighted by Gasteiger charge is -2.11. The van der Waals surface area contributed by atoms with Crippen molar-refractivity contribution in [2.24, 2.45) is 0 Å². The van der Waals surface area contributed by atoms with Gasteiger partial charge in [0.05, 0.1) is 11.1 Å². The molecule has 150 valence electrons. The van der Waals surface area contributed by atoms with Crippen molar-refractivity contribution in [1.82, 2.24) is 0 Å². The summed E-state index contributed by atoms with van der Waals surface area (Å²) in [5, 5.41) is 27.3. The predicted molar refractivity (Wildman–Crippen MR) is 137 cm³/mol. The highest BCUT2D eigenvalue weighted by Gasteiger charge is 2.14. The molecule has 0 aliphatic carbocycles. The molecule has 0 N–H and O–H groups in total. The summed E-state index contributed by atoms with van der Waals surface area (Å²) in [6.45, 7) is 0. The molecule has 0 unspecified atom stereocenters. The third-order valence-electron chi connectivity index (χ3n) is 5.35. The van der Waals surface area contributed by atoms with Crippen LogP contribution in [0, 0.1) is 22.7 Å². The minimum absolute atomic E-state index is 0.606. The monoisotopic (exact) mass is 444 g/mol. The Bertz CT molecular complexity index is 1450. The largest absolute Gasteiger partial charge is 0.192 e. The highest BCUT2D eigenvalue weighted by Crippen LogP contribution is 2.34. The van der Waals surface area contributed by atoms with Crippen LogP contribution in [0.3, 0.4) is 0 Å². The van der Waals surface area contributed by atoms with Crippen molar-refractivity contribution in [3.05, 3.63) is 103 Å². The molecule has 0 amide bonds. The van der Waals surface area contributed by atoms with E-state index in [0.29, 0.717) is 11.1 Å². The lowest BCUT2D eigenvalue weighted by Crippen LogP contribution is -1.91. The molecule has 0 spiro atoms. The van der Waals surface area contributed by atoms with Crippen LogP contribution in [0.15, 0.2) is 71.4 Å². The molecule has 2 heterocycles. The molecule has 0 bridgehead atoms. The highest BCUT2D eigenvalue weighted by atomic mass is 32.1. The van der Waals surface area contributed by atoms with E-state index in [4.69, 9.17) is 0 Å². The Morgan fingerprint density at radius 1 is 0.562 bits per heavy atom. The molecule has 0 radical (unpaired) electrons. The van der Waals surface area contributed by atoms with Crippen LogP contribution in [-0.4, -0.2) is 0 Å². The fourth-order valence-corrected chi connectivity index (χ4v) is 5.08. The van der Waals surface area contributed by atoms with Gasteiger partial charge in [0.25, 0.3) is 0 Å². The van der Waals surface area contributed by atoms with E-state index in [1.54, 1.807) is 22.7 Å². The van der Waals surface area contributed by atoms with E-state index in [1.165, 1.54) is 9.75 Å². The Balaban J connectivity index is 1.67. The summed E-state index contributed by atoms with van der Waals surface area (Å²) in [7, 11) is 0. The standard InChI is InChI=1S/C28H16N2S2/c29-17-27-24-12-8-20(6-10-22-4-2-14-32-22)16-26(24)28(18-30)23-11-7-19(15-25(23)27)5-9-21-3-1-13-31-21/h1-16H/b9-5+,10-6+. The van der Waals surface area contributed by atoms with Gasteiger partial charge >= 0.3 is 0 Å². The zero-order valence-corrected chi connectivity index (χ0v) is 18.6. The van der Waals surface area contributed by atoms with Crippen molar-refractivity contribution in [3.8, 4) is 12.1 Å². The second-order valence-corrected chi connectivity index (χ2v) is 9.24. The molecule has 0 saturated carbocycles. The van der Waals surface area contributed by atoms with Crippen LogP contribution in [0.2, 0.25) is 0 Å². The number of rotatable bonds is 4. The first kappa shape index (κ1) is 20.0. The molecule has 0 atom stereocenters. The summed E-state index contributed by atoms with van der Waals surface area (Å²) in [6, 6.07) is 24.9. The van der Waals surface area contributed by atoms with Crippen molar-refractivity contribution in [2.45, 2.75) is 0 Å². The summed E-state index contributed by atoms with van der Waals surface area (Å²) < 4.78 is 0. The van der Waals surface area contributed by atoms with Gasteiger partial charge in [-0.25, -0.2) is 0 Å². The molecule has 5 aromatic rings. The van der Waals surface area contributed by atoms with E-state index < -0.39 is 0 Å². The Morgan fingerprint density at radius 3 is 1.41 bits per heavy atom. The second-order valence-electron chi connectivity index (χ2n) is 7.28. The van der Waals surface area contributed by atoms with E-state index in [9.17, 15) is 10.5 Å². The molecule has 0 fully saturated rings. The van der Waals surface area contributed by atoms with Crippen molar-refractivity contribution >= 4 is 68.5 Å². The molecular weight excluding hydrogens is 428 g/mol. The van der Waals surface area contributed by atoms with Crippen molar-refractivity contribution in [2.75, 3.05) is 0 Å². The predicted octanol–water partition coefficient (Wildman–Crippen LogP) is 8.20. The van der Waals surface area contributed by atoms with Crippen molar-refractivity contribution in [3.63, 3.8) is 0 Å². The fourth-order valence-electron chi connectivity index (χ4n) is 3.84. The summed E-state index contributed by atoms with van der Waals surface area (Å²) in [5.74, 6) is 0. The summed E-state index contributed by atoms with van der Waals surface area (Å²) >= 11 is 3.36. The molecule has 0 saturated heterocycles. The topological polar surface area (TPSA) is 47.6 Å². The Labute approximate surface area is 194 Å². The quantitative estimate of drug-likeness (QED) is 0.262. The van der Waals surface area contributed by atoms with E-state index in [2.05, 4.69) is 36.4 Å². The van der Waals surface area contributed by atoms with Gasteiger partial charge in [0, 0.05) is 31.3 Å². The Hall–Kier alpha value is -3.96. The number of fused-ring (bicyclic) bond motifs is 2. The first-order valence-electron chi connectivity index (χ1n) is 10.0. The lowest BCUT2D eigenvalue weighted by atomic mass is 9.90. The van der Waals surface area contributed by atoms with Gasteiger partial charge in [0.15, 0.2) is 0 Å². The number of benzene rings is 3.